The van der Waals surface area contributed by atoms with Crippen molar-refractivity contribution in [2.24, 2.45) is 0 Å². The molecule has 28 heavy (non-hydrogen) atoms. The second-order valence-electron chi connectivity index (χ2n) is 7.93. The third-order valence-electron chi connectivity index (χ3n) is 5.47. The summed E-state index contributed by atoms with van der Waals surface area (Å²) in [5.41, 5.74) is 3.49. The Labute approximate surface area is 175 Å². The number of rotatable bonds is 5. The van der Waals surface area contributed by atoms with E-state index in [-0.39, 0.29) is 0 Å². The molecule has 0 aliphatic carbocycles. The molecule has 3 heterocycles. The minimum absolute atomic E-state index is 0.433. The van der Waals surface area contributed by atoms with Crippen molar-refractivity contribution in [3.8, 4) is 0 Å². The first kappa shape index (κ1) is 19.3. The second kappa shape index (κ2) is 8.58. The van der Waals surface area contributed by atoms with Gasteiger partial charge in [0, 0.05) is 41.7 Å². The molecule has 0 spiro atoms. The van der Waals surface area contributed by atoms with Crippen LogP contribution in [0.25, 0.3) is 10.9 Å². The topological polar surface area (TPSA) is 41.1 Å². The number of halogens is 1. The maximum Gasteiger partial charge on any atom is 0.130 e. The first-order valence-corrected chi connectivity index (χ1v) is 10.9. The van der Waals surface area contributed by atoms with Crippen LogP contribution in [0.2, 0.25) is 0 Å². The number of hydrogen-bond acceptors (Lipinski definition) is 4. The van der Waals surface area contributed by atoms with Crippen LogP contribution >= 0.6 is 15.9 Å². The molecular formula is C23H27BrN4. The van der Waals surface area contributed by atoms with Crippen LogP contribution in [0, 0.1) is 0 Å². The minimum Gasteiger partial charge on any atom is -0.367 e. The number of aromatic nitrogens is 2. The van der Waals surface area contributed by atoms with E-state index in [9.17, 15) is 0 Å². The highest BCUT2D eigenvalue weighted by Crippen LogP contribution is 2.30. The van der Waals surface area contributed by atoms with Gasteiger partial charge in [-0.25, -0.2) is 4.98 Å². The molecule has 0 amide bonds. The molecule has 2 aromatic heterocycles. The van der Waals surface area contributed by atoms with Crippen molar-refractivity contribution in [2.75, 3.05) is 18.4 Å². The smallest absolute Gasteiger partial charge is 0.130 e. The van der Waals surface area contributed by atoms with Crippen molar-refractivity contribution in [1.82, 2.24) is 14.9 Å². The maximum absolute atomic E-state index is 4.96. The van der Waals surface area contributed by atoms with Gasteiger partial charge in [-0.15, -0.1) is 0 Å². The zero-order valence-electron chi connectivity index (χ0n) is 16.5. The minimum atomic E-state index is 0.433. The lowest BCUT2D eigenvalue weighted by Gasteiger charge is -2.33. The fraction of sp³-hybridized carbons (Fsp3) is 0.391. The molecule has 3 aromatic rings. The van der Waals surface area contributed by atoms with Gasteiger partial charge in [-0.3, -0.25) is 9.88 Å². The molecule has 1 fully saturated rings. The Kier molecular flexibility index (Phi) is 5.93. The monoisotopic (exact) mass is 438 g/mol. The van der Waals surface area contributed by atoms with E-state index in [0.29, 0.717) is 12.0 Å². The average molecular weight is 439 g/mol. The summed E-state index contributed by atoms with van der Waals surface area (Å²) >= 11 is 3.57. The summed E-state index contributed by atoms with van der Waals surface area (Å²) in [5, 5.41) is 4.95. The molecule has 1 aliphatic heterocycles. The highest BCUT2D eigenvalue weighted by Gasteiger charge is 2.21. The Bertz CT molecular complexity index is 934. The molecular weight excluding hydrogens is 412 g/mol. The number of benzene rings is 1. The van der Waals surface area contributed by atoms with Gasteiger partial charge in [0.05, 0.1) is 11.2 Å². The number of nitrogens with zero attached hydrogens (tertiary/aromatic N) is 3. The predicted molar refractivity (Wildman–Crippen MR) is 120 cm³/mol. The van der Waals surface area contributed by atoms with Gasteiger partial charge < -0.3 is 5.32 Å². The third kappa shape index (κ3) is 4.53. The van der Waals surface area contributed by atoms with Gasteiger partial charge in [0.1, 0.15) is 5.82 Å². The Morgan fingerprint density at radius 3 is 2.68 bits per heavy atom. The lowest BCUT2D eigenvalue weighted by Crippen LogP contribution is -2.39. The van der Waals surface area contributed by atoms with Crippen LogP contribution in [0.4, 0.5) is 5.82 Å². The molecule has 0 bridgehead atoms. The quantitative estimate of drug-likeness (QED) is 0.563. The number of anilines is 1. The van der Waals surface area contributed by atoms with Crippen LogP contribution in [0.1, 0.15) is 43.9 Å². The second-order valence-corrected chi connectivity index (χ2v) is 8.85. The molecule has 0 unspecified atom stereocenters. The standard InChI is InChI=1S/C23H27BrN4/c1-16(2)21-14-17-13-18(24)6-7-22(17)27-23(21)26-19-8-11-28(12-9-19)15-20-5-3-4-10-25-20/h3-7,10,13-14,16,19H,8-9,11-12,15H2,1-2H3,(H,26,27). The summed E-state index contributed by atoms with van der Waals surface area (Å²) in [5.74, 6) is 1.48. The van der Waals surface area contributed by atoms with E-state index in [2.05, 4.69) is 81.4 Å². The summed E-state index contributed by atoms with van der Waals surface area (Å²) in [6, 6.07) is 15.2. The van der Waals surface area contributed by atoms with E-state index in [1.807, 2.05) is 12.3 Å². The predicted octanol–water partition coefficient (Wildman–Crippen LogP) is 5.59. The van der Waals surface area contributed by atoms with Crippen LogP contribution in [-0.2, 0) is 6.54 Å². The zero-order chi connectivity index (χ0) is 19.5. The first-order valence-electron chi connectivity index (χ1n) is 10.1. The van der Waals surface area contributed by atoms with Crippen molar-refractivity contribution in [1.29, 1.82) is 0 Å². The Balaban J connectivity index is 1.45. The molecule has 0 saturated carbocycles. The van der Waals surface area contributed by atoms with E-state index >= 15 is 0 Å². The normalized spacial score (nSPS) is 16.0. The van der Waals surface area contributed by atoms with Gasteiger partial charge in [0.25, 0.3) is 0 Å². The molecule has 1 aliphatic rings. The fourth-order valence-electron chi connectivity index (χ4n) is 3.87. The lowest BCUT2D eigenvalue weighted by molar-refractivity contribution is 0.209. The van der Waals surface area contributed by atoms with Gasteiger partial charge in [-0.2, -0.15) is 0 Å². The number of pyridine rings is 2. The van der Waals surface area contributed by atoms with Gasteiger partial charge in [0.2, 0.25) is 0 Å². The highest BCUT2D eigenvalue weighted by atomic mass is 79.9. The van der Waals surface area contributed by atoms with Crippen molar-refractivity contribution >= 4 is 32.7 Å². The number of piperidine rings is 1. The Hall–Kier alpha value is -1.98. The van der Waals surface area contributed by atoms with Gasteiger partial charge in [0.15, 0.2) is 0 Å². The summed E-state index contributed by atoms with van der Waals surface area (Å²) in [6.45, 7) is 7.59. The van der Waals surface area contributed by atoms with Gasteiger partial charge in [-0.05, 0) is 60.7 Å². The number of nitrogens with one attached hydrogen (secondary N) is 1. The van der Waals surface area contributed by atoms with Crippen molar-refractivity contribution in [3.05, 3.63) is 64.4 Å². The van der Waals surface area contributed by atoms with E-state index in [0.717, 1.165) is 54.0 Å². The molecule has 146 valence electrons. The number of hydrogen-bond donors (Lipinski definition) is 1. The molecule has 0 atom stereocenters. The fourth-order valence-corrected chi connectivity index (χ4v) is 4.25. The Morgan fingerprint density at radius 2 is 1.96 bits per heavy atom. The Morgan fingerprint density at radius 1 is 1.14 bits per heavy atom. The van der Waals surface area contributed by atoms with Crippen LogP contribution in [0.3, 0.4) is 0 Å². The summed E-state index contributed by atoms with van der Waals surface area (Å²) in [7, 11) is 0. The van der Waals surface area contributed by atoms with E-state index < -0.39 is 0 Å². The first-order chi connectivity index (χ1) is 13.6. The molecule has 1 N–H and O–H groups in total. The van der Waals surface area contributed by atoms with E-state index in [1.54, 1.807) is 0 Å². The highest BCUT2D eigenvalue weighted by molar-refractivity contribution is 9.10. The molecule has 4 rings (SSSR count). The van der Waals surface area contributed by atoms with E-state index in [1.165, 1.54) is 10.9 Å². The molecule has 1 aromatic carbocycles. The third-order valence-corrected chi connectivity index (χ3v) is 5.96. The van der Waals surface area contributed by atoms with Crippen molar-refractivity contribution in [2.45, 2.75) is 45.2 Å². The van der Waals surface area contributed by atoms with Crippen LogP contribution < -0.4 is 5.32 Å². The largest absolute Gasteiger partial charge is 0.367 e. The molecule has 4 nitrogen and oxygen atoms in total. The number of fused-ring (bicyclic) bond motifs is 1. The summed E-state index contributed by atoms with van der Waals surface area (Å²) < 4.78 is 1.09. The van der Waals surface area contributed by atoms with Crippen molar-refractivity contribution in [3.63, 3.8) is 0 Å². The number of likely N-dealkylation sites (tertiary alicyclic amines) is 1. The van der Waals surface area contributed by atoms with Gasteiger partial charge >= 0.3 is 0 Å². The van der Waals surface area contributed by atoms with Crippen molar-refractivity contribution < 1.29 is 0 Å². The molecule has 1 saturated heterocycles. The van der Waals surface area contributed by atoms with Gasteiger partial charge in [-0.1, -0.05) is 35.8 Å². The summed E-state index contributed by atoms with van der Waals surface area (Å²) in [4.78, 5) is 11.9. The lowest BCUT2D eigenvalue weighted by atomic mass is 10.00. The summed E-state index contributed by atoms with van der Waals surface area (Å²) in [6.07, 6.45) is 4.13. The molecule has 5 heteroatoms. The zero-order valence-corrected chi connectivity index (χ0v) is 18.1. The van der Waals surface area contributed by atoms with Crippen LogP contribution in [0.15, 0.2) is 53.1 Å². The molecule has 0 radical (unpaired) electrons. The maximum atomic E-state index is 4.96. The SMILES string of the molecule is CC(C)c1cc2cc(Br)ccc2nc1NC1CCN(Cc2ccccn2)CC1. The van der Waals surface area contributed by atoms with E-state index in [4.69, 9.17) is 4.98 Å². The van der Waals surface area contributed by atoms with Crippen LogP contribution in [-0.4, -0.2) is 34.0 Å². The van der Waals surface area contributed by atoms with Crippen LogP contribution in [0.5, 0.6) is 0 Å². The average Bonchev–Trinajstić information content (AvgIpc) is 2.70.